The molecule has 2 atom stereocenters. The summed E-state index contributed by atoms with van der Waals surface area (Å²) in [6.45, 7) is 9.84. The fraction of sp³-hybridized carbons (Fsp3) is 0.381. The van der Waals surface area contributed by atoms with Crippen LogP contribution in [0.2, 0.25) is 0 Å². The number of ether oxygens (including phenoxy) is 2. The number of phenols is 1. The first-order valence-electron chi connectivity index (χ1n) is 17.6. The third kappa shape index (κ3) is 8.91. The van der Waals surface area contributed by atoms with Gasteiger partial charge in [-0.15, -0.1) is 0 Å². The van der Waals surface area contributed by atoms with Crippen molar-refractivity contribution < 1.29 is 29.3 Å². The van der Waals surface area contributed by atoms with Crippen molar-refractivity contribution >= 4 is 11.9 Å². The van der Waals surface area contributed by atoms with Gasteiger partial charge in [0.05, 0.1) is 20.0 Å². The van der Waals surface area contributed by atoms with Crippen LogP contribution in [0.5, 0.6) is 11.5 Å². The summed E-state index contributed by atoms with van der Waals surface area (Å²) in [5.74, 6) is -0.532. The van der Waals surface area contributed by atoms with Crippen LogP contribution < -0.4 is 4.74 Å². The van der Waals surface area contributed by atoms with E-state index in [2.05, 4.69) is 56.1 Å². The number of phenolic OH excluding ortho intramolecular Hbond substituents is 1. The molecule has 0 amide bonds. The van der Waals surface area contributed by atoms with E-state index in [4.69, 9.17) is 9.47 Å². The molecule has 0 aliphatic heterocycles. The topological polar surface area (TPSA) is 129 Å². The summed E-state index contributed by atoms with van der Waals surface area (Å²) in [5, 5.41) is 27.1. The fourth-order valence-corrected chi connectivity index (χ4v) is 7.06. The Morgan fingerprint density at radius 2 is 1.27 bits per heavy atom. The minimum atomic E-state index is -0.833. The van der Waals surface area contributed by atoms with Crippen LogP contribution in [0.1, 0.15) is 104 Å². The van der Waals surface area contributed by atoms with Crippen LogP contribution in [0.3, 0.4) is 0 Å². The van der Waals surface area contributed by atoms with Gasteiger partial charge in [-0.05, 0) is 87.9 Å². The van der Waals surface area contributed by atoms with Crippen LogP contribution in [0.25, 0.3) is 0 Å². The van der Waals surface area contributed by atoms with E-state index in [1.807, 2.05) is 50.5 Å². The number of aryl methyl sites for hydroxylation is 2. The largest absolute Gasteiger partial charge is 0.508 e. The van der Waals surface area contributed by atoms with Crippen LogP contribution in [0, 0.1) is 0 Å². The highest BCUT2D eigenvalue weighted by molar-refractivity contribution is 5.71. The molecule has 1 aliphatic carbocycles. The van der Waals surface area contributed by atoms with Crippen molar-refractivity contribution in [1.29, 1.82) is 0 Å². The Hall–Kier alpha value is -5.38. The number of carbonyl (C=O) groups excluding carboxylic acids is 1. The summed E-state index contributed by atoms with van der Waals surface area (Å²) in [4.78, 5) is 23.0. The predicted molar refractivity (Wildman–Crippen MR) is 200 cm³/mol. The van der Waals surface area contributed by atoms with Gasteiger partial charge in [0.25, 0.3) is 0 Å². The molecule has 0 unspecified atom stereocenters. The van der Waals surface area contributed by atoms with Gasteiger partial charge in [0.15, 0.2) is 0 Å². The van der Waals surface area contributed by atoms with Gasteiger partial charge in [-0.3, -0.25) is 19.0 Å². The molecule has 0 fully saturated rings. The molecular weight excluding hydrogens is 656 g/mol. The molecule has 2 heterocycles. The zero-order chi connectivity index (χ0) is 37.6. The van der Waals surface area contributed by atoms with E-state index in [9.17, 15) is 19.8 Å². The van der Waals surface area contributed by atoms with Crippen molar-refractivity contribution in [2.45, 2.75) is 82.7 Å². The Labute approximate surface area is 306 Å². The Morgan fingerprint density at radius 1 is 0.750 bits per heavy atom. The zero-order valence-corrected chi connectivity index (χ0v) is 31.2. The van der Waals surface area contributed by atoms with Crippen LogP contribution in [0.15, 0.2) is 91.3 Å². The number of carboxylic acid groups (broad SMARTS) is 1. The third-order valence-corrected chi connectivity index (χ3v) is 10.3. The fourth-order valence-electron chi connectivity index (χ4n) is 7.06. The van der Waals surface area contributed by atoms with Gasteiger partial charge in [0, 0.05) is 49.7 Å². The van der Waals surface area contributed by atoms with Crippen LogP contribution in [-0.2, 0) is 45.9 Å². The molecule has 0 radical (unpaired) electrons. The second-order valence-electron chi connectivity index (χ2n) is 14.8. The maximum atomic E-state index is 11.6. The van der Waals surface area contributed by atoms with Crippen molar-refractivity contribution in [3.63, 3.8) is 0 Å². The second kappa shape index (κ2) is 15.9. The van der Waals surface area contributed by atoms with E-state index in [0.29, 0.717) is 6.61 Å². The number of carboxylic acids is 1. The first-order chi connectivity index (χ1) is 24.7. The van der Waals surface area contributed by atoms with Crippen molar-refractivity contribution in [1.82, 2.24) is 19.6 Å². The molecule has 2 N–H and O–H groups in total. The lowest BCUT2D eigenvalue weighted by Gasteiger charge is -2.42. The lowest BCUT2D eigenvalue weighted by atomic mass is 9.63. The number of rotatable bonds is 11. The SMILES string of the molecule is COC(=O)C[C@@H](c1ccc(O)cc1)c1ccnn1C.Cn1nccc1[C@@H](CC(=O)O)c1ccc(OCc2ccc3c(c2)C(C)(C)CCC3(C)C)cc1. The monoisotopic (exact) mass is 706 g/mol. The zero-order valence-electron chi connectivity index (χ0n) is 31.2. The molecule has 10 nitrogen and oxygen atoms in total. The summed E-state index contributed by atoms with van der Waals surface area (Å²) in [6.07, 6.45) is 6.04. The van der Waals surface area contributed by atoms with Gasteiger partial charge in [0.2, 0.25) is 0 Å². The minimum Gasteiger partial charge on any atom is -0.508 e. The first-order valence-corrected chi connectivity index (χ1v) is 17.6. The van der Waals surface area contributed by atoms with Crippen LogP contribution in [0.4, 0.5) is 0 Å². The van der Waals surface area contributed by atoms with Gasteiger partial charge in [-0.2, -0.15) is 10.2 Å². The number of aromatic hydroxyl groups is 1. The molecule has 2 aromatic heterocycles. The molecule has 0 saturated carbocycles. The predicted octanol–water partition coefficient (Wildman–Crippen LogP) is 7.78. The van der Waals surface area contributed by atoms with Gasteiger partial charge in [0.1, 0.15) is 18.1 Å². The number of esters is 1. The van der Waals surface area contributed by atoms with E-state index in [1.165, 1.54) is 36.6 Å². The maximum Gasteiger partial charge on any atom is 0.306 e. The van der Waals surface area contributed by atoms with Crippen molar-refractivity contribution in [3.05, 3.63) is 130 Å². The molecule has 10 heteroatoms. The Morgan fingerprint density at radius 3 is 1.77 bits per heavy atom. The highest BCUT2D eigenvalue weighted by Gasteiger charge is 2.37. The number of benzene rings is 3. The maximum absolute atomic E-state index is 11.6. The number of hydrogen-bond donors (Lipinski definition) is 2. The van der Waals surface area contributed by atoms with Gasteiger partial charge in [-0.1, -0.05) is 70.2 Å². The molecule has 6 rings (SSSR count). The summed E-state index contributed by atoms with van der Waals surface area (Å²) >= 11 is 0. The van der Waals surface area contributed by atoms with Gasteiger partial charge in [-0.25, -0.2) is 0 Å². The standard InChI is InChI=1S/C28H34N2O3.C14H16N2O3/c1-27(2)13-14-28(3,4)24-16-19(6-11-23(24)27)18-33-21-9-7-20(8-10-21)22(17-26(31)32)25-12-15-29-30(25)5;1-16-13(7-8-15-16)12(9-14(18)19-2)10-3-5-11(17)6-4-10/h6-12,15-16,22H,13-14,17-18H2,1-5H3,(H,31,32);3-8,12,17H,9H2,1-2H3/t22-;12-/m00/s1. The molecule has 0 saturated heterocycles. The highest BCUT2D eigenvalue weighted by Crippen LogP contribution is 2.46. The van der Waals surface area contributed by atoms with E-state index in [0.717, 1.165) is 28.3 Å². The average molecular weight is 707 g/mol. The molecular formula is C42H50N4O6. The summed E-state index contributed by atoms with van der Waals surface area (Å²) in [5.41, 5.74) is 8.12. The van der Waals surface area contributed by atoms with Gasteiger partial charge < -0.3 is 19.7 Å². The second-order valence-corrected chi connectivity index (χ2v) is 14.8. The molecule has 3 aromatic carbocycles. The average Bonchev–Trinajstić information content (AvgIpc) is 3.75. The van der Waals surface area contributed by atoms with Crippen molar-refractivity contribution in [2.75, 3.05) is 7.11 Å². The van der Waals surface area contributed by atoms with E-state index in [1.54, 1.807) is 46.0 Å². The Bertz CT molecular complexity index is 1970. The summed E-state index contributed by atoms with van der Waals surface area (Å²) < 4.78 is 14.3. The number of methoxy groups -OCH3 is 1. The Balaban J connectivity index is 0.000000233. The molecule has 0 bridgehead atoms. The number of nitrogens with zero attached hydrogens (tertiary/aromatic N) is 4. The van der Waals surface area contributed by atoms with Crippen molar-refractivity contribution in [3.8, 4) is 11.5 Å². The first kappa shape index (κ1) is 37.9. The van der Waals surface area contributed by atoms with Crippen LogP contribution in [-0.4, -0.2) is 48.8 Å². The van der Waals surface area contributed by atoms with Crippen LogP contribution >= 0.6 is 0 Å². The number of carbonyl (C=O) groups is 2. The summed E-state index contributed by atoms with van der Waals surface area (Å²) in [7, 11) is 5.04. The lowest BCUT2D eigenvalue weighted by Crippen LogP contribution is -2.33. The normalized spacial score (nSPS) is 15.4. The molecule has 0 spiro atoms. The number of fused-ring (bicyclic) bond motifs is 1. The lowest BCUT2D eigenvalue weighted by molar-refractivity contribution is -0.141. The quantitative estimate of drug-likeness (QED) is 0.133. The highest BCUT2D eigenvalue weighted by atomic mass is 16.5. The molecule has 1 aliphatic rings. The van der Waals surface area contributed by atoms with E-state index >= 15 is 0 Å². The smallest absolute Gasteiger partial charge is 0.306 e. The third-order valence-electron chi connectivity index (χ3n) is 10.3. The minimum absolute atomic E-state index is 0.0149. The molecule has 274 valence electrons. The number of aromatic nitrogens is 4. The summed E-state index contributed by atoms with van der Waals surface area (Å²) in [6, 6.07) is 25.1. The van der Waals surface area contributed by atoms with Crippen molar-refractivity contribution in [2.24, 2.45) is 14.1 Å². The van der Waals surface area contributed by atoms with Gasteiger partial charge >= 0.3 is 11.9 Å². The number of aliphatic carboxylic acids is 1. The van der Waals surface area contributed by atoms with E-state index < -0.39 is 5.97 Å². The number of hydrogen-bond acceptors (Lipinski definition) is 7. The molecule has 5 aromatic rings. The Kier molecular flexibility index (Phi) is 11.6. The van der Waals surface area contributed by atoms with E-state index in [-0.39, 0.29) is 47.2 Å². The molecule has 52 heavy (non-hydrogen) atoms.